The molecule has 1 aromatic rings. The van der Waals surface area contributed by atoms with Gasteiger partial charge in [0.1, 0.15) is 5.75 Å². The van der Waals surface area contributed by atoms with E-state index in [1.165, 1.54) is 5.56 Å². The van der Waals surface area contributed by atoms with Crippen molar-refractivity contribution in [1.29, 1.82) is 0 Å². The molecule has 1 nitrogen and oxygen atoms in total. The zero-order chi connectivity index (χ0) is 13.4. The van der Waals surface area contributed by atoms with E-state index in [0.717, 1.165) is 17.5 Å². The van der Waals surface area contributed by atoms with E-state index >= 15 is 0 Å². The van der Waals surface area contributed by atoms with Crippen molar-refractivity contribution in [2.75, 3.05) is 0 Å². The summed E-state index contributed by atoms with van der Waals surface area (Å²) < 4.78 is 0. The van der Waals surface area contributed by atoms with Crippen molar-refractivity contribution < 1.29 is 31.3 Å². The second kappa shape index (κ2) is 7.27. The van der Waals surface area contributed by atoms with Crippen molar-refractivity contribution in [2.24, 2.45) is 0 Å². The van der Waals surface area contributed by atoms with E-state index in [1.54, 1.807) is 0 Å². The normalized spacial score (nSPS) is 11.5. The van der Waals surface area contributed by atoms with Crippen molar-refractivity contribution >= 4 is 12.4 Å². The molecule has 0 aliphatic heterocycles. The van der Waals surface area contributed by atoms with E-state index in [9.17, 15) is 5.11 Å². The molecular weight excluding hydrogens is 335 g/mol. The van der Waals surface area contributed by atoms with Gasteiger partial charge in [-0.2, -0.15) is 0 Å². The van der Waals surface area contributed by atoms with Gasteiger partial charge in [0.2, 0.25) is 0 Å². The van der Waals surface area contributed by atoms with Crippen LogP contribution in [0.3, 0.4) is 0 Å². The molecule has 1 aromatic carbocycles. The van der Waals surface area contributed by atoms with Gasteiger partial charge in [-0.1, -0.05) is 60.6 Å². The van der Waals surface area contributed by atoms with E-state index in [-0.39, 0.29) is 49.4 Å². The summed E-state index contributed by atoms with van der Waals surface area (Å²) in [6.45, 7) is 15.0. The predicted molar refractivity (Wildman–Crippen MR) is 82.1 cm³/mol. The number of phenols is 1. The van der Waals surface area contributed by atoms with Crippen LogP contribution in [-0.2, 0) is 43.5 Å². The first kappa shape index (κ1) is 21.5. The van der Waals surface area contributed by atoms with Gasteiger partial charge in [0.05, 0.1) is 0 Å². The third-order valence-corrected chi connectivity index (χ3v) is 3.19. The Balaban J connectivity index is 0. The Morgan fingerprint density at radius 1 is 0.895 bits per heavy atom. The van der Waals surface area contributed by atoms with Crippen LogP contribution >= 0.6 is 12.4 Å². The number of hydrogen-bond acceptors (Lipinski definition) is 1. The summed E-state index contributed by atoms with van der Waals surface area (Å²) in [5.41, 5.74) is 3.38. The van der Waals surface area contributed by atoms with Gasteiger partial charge in [0.15, 0.2) is 0 Å². The Labute approximate surface area is 143 Å². The first-order valence-corrected chi connectivity index (χ1v) is 6.44. The number of hydrogen-bond donors (Lipinski definition) is 1. The fraction of sp³-hybridized carbons (Fsp3) is 0.625. The number of phenolic OH excluding ortho intramolecular Hbond substituents is 1. The molecule has 108 valence electrons. The summed E-state index contributed by atoms with van der Waals surface area (Å²) in [7, 11) is 0. The van der Waals surface area contributed by atoms with E-state index in [0.29, 0.717) is 5.75 Å². The number of halogens is 1. The standard InChI is InChI=1S/C16H26O.ClH.Zr/c1-8-11-9-12(15(2,3)4)14(17)13(10-11)16(5,6)7;;/h9-10,17H,8H2,1-7H3;1H;. The molecule has 0 unspecified atom stereocenters. The zero-order valence-corrected chi connectivity index (χ0v) is 16.5. The van der Waals surface area contributed by atoms with Gasteiger partial charge in [-0.05, 0) is 33.9 Å². The van der Waals surface area contributed by atoms with Crippen molar-refractivity contribution in [3.05, 3.63) is 28.8 Å². The Morgan fingerprint density at radius 2 is 1.21 bits per heavy atom. The SMILES string of the molecule is CCc1cc(C(C)(C)C)c(O)c(C(C)(C)C)c1.Cl.[Zr]. The first-order chi connectivity index (χ1) is 7.57. The molecule has 1 N–H and O–H groups in total. The van der Waals surface area contributed by atoms with Crippen LogP contribution in [0.1, 0.15) is 65.2 Å². The fourth-order valence-electron chi connectivity index (χ4n) is 2.04. The molecule has 0 aliphatic carbocycles. The van der Waals surface area contributed by atoms with Crippen molar-refractivity contribution in [3.8, 4) is 5.75 Å². The number of aromatic hydroxyl groups is 1. The summed E-state index contributed by atoms with van der Waals surface area (Å²) in [6.07, 6.45) is 1.01. The third kappa shape index (κ3) is 5.23. The Hall–Kier alpha value is 0.193. The van der Waals surface area contributed by atoms with Crippen LogP contribution in [-0.4, -0.2) is 5.11 Å². The minimum atomic E-state index is -0.0186. The Kier molecular flexibility index (Phi) is 8.23. The maximum Gasteiger partial charge on any atom is 0.123 e. The fourth-order valence-corrected chi connectivity index (χ4v) is 2.04. The van der Waals surface area contributed by atoms with Crippen molar-refractivity contribution in [2.45, 2.75) is 65.7 Å². The molecule has 0 radical (unpaired) electrons. The van der Waals surface area contributed by atoms with E-state index in [2.05, 4.69) is 60.6 Å². The van der Waals surface area contributed by atoms with Gasteiger partial charge in [-0.15, -0.1) is 12.4 Å². The summed E-state index contributed by atoms with van der Waals surface area (Å²) >= 11 is 0. The first-order valence-electron chi connectivity index (χ1n) is 6.44. The van der Waals surface area contributed by atoms with Gasteiger partial charge in [-0.25, -0.2) is 0 Å². The van der Waals surface area contributed by atoms with Crippen LogP contribution < -0.4 is 0 Å². The average molecular weight is 362 g/mol. The number of rotatable bonds is 1. The maximum atomic E-state index is 10.5. The van der Waals surface area contributed by atoms with Crippen LogP contribution in [0.2, 0.25) is 0 Å². The van der Waals surface area contributed by atoms with Gasteiger partial charge < -0.3 is 5.11 Å². The predicted octanol–water partition coefficient (Wildman–Crippen LogP) is 4.97. The van der Waals surface area contributed by atoms with Crippen LogP contribution in [0.4, 0.5) is 0 Å². The van der Waals surface area contributed by atoms with Crippen LogP contribution in [0, 0.1) is 0 Å². The van der Waals surface area contributed by atoms with E-state index in [1.807, 2.05) is 0 Å². The second-order valence-electron chi connectivity index (χ2n) is 6.89. The van der Waals surface area contributed by atoms with Crippen LogP contribution in [0.15, 0.2) is 12.1 Å². The number of aryl methyl sites for hydroxylation is 1. The van der Waals surface area contributed by atoms with Gasteiger partial charge in [0, 0.05) is 26.2 Å². The molecule has 0 atom stereocenters. The summed E-state index contributed by atoms with van der Waals surface area (Å²) in [4.78, 5) is 0. The molecule has 0 saturated carbocycles. The van der Waals surface area contributed by atoms with E-state index < -0.39 is 0 Å². The molecule has 1 rings (SSSR count). The average Bonchev–Trinajstić information content (AvgIpc) is 2.14. The monoisotopic (exact) mass is 360 g/mol. The largest absolute Gasteiger partial charge is 0.507 e. The quantitative estimate of drug-likeness (QED) is 0.748. The molecule has 0 aliphatic rings. The van der Waals surface area contributed by atoms with Gasteiger partial charge >= 0.3 is 0 Å². The molecule has 3 heteroatoms. The zero-order valence-electron chi connectivity index (χ0n) is 13.2. The molecule has 19 heavy (non-hydrogen) atoms. The maximum absolute atomic E-state index is 10.5. The molecule has 0 heterocycles. The smallest absolute Gasteiger partial charge is 0.123 e. The summed E-state index contributed by atoms with van der Waals surface area (Å²) in [6, 6.07) is 4.29. The molecule has 0 amide bonds. The second-order valence-corrected chi connectivity index (χ2v) is 6.89. The summed E-state index contributed by atoms with van der Waals surface area (Å²) in [5, 5.41) is 10.5. The number of benzene rings is 1. The van der Waals surface area contributed by atoms with Crippen molar-refractivity contribution in [3.63, 3.8) is 0 Å². The summed E-state index contributed by atoms with van der Waals surface area (Å²) in [5.74, 6) is 0.474. The molecule has 0 aromatic heterocycles. The Bertz CT molecular complexity index is 379. The van der Waals surface area contributed by atoms with Crippen LogP contribution in [0.5, 0.6) is 5.75 Å². The topological polar surface area (TPSA) is 20.2 Å². The third-order valence-electron chi connectivity index (χ3n) is 3.19. The molecule has 0 saturated heterocycles. The van der Waals surface area contributed by atoms with Gasteiger partial charge in [-0.3, -0.25) is 0 Å². The van der Waals surface area contributed by atoms with Crippen LogP contribution in [0.25, 0.3) is 0 Å². The molecule has 0 spiro atoms. The minimum absolute atomic E-state index is 0. The molecule has 0 fully saturated rings. The molecular formula is C16H27ClOZr. The van der Waals surface area contributed by atoms with E-state index in [4.69, 9.17) is 0 Å². The minimum Gasteiger partial charge on any atom is -0.507 e. The molecule has 0 bridgehead atoms. The van der Waals surface area contributed by atoms with Crippen molar-refractivity contribution in [1.82, 2.24) is 0 Å². The Morgan fingerprint density at radius 3 is 1.42 bits per heavy atom. The van der Waals surface area contributed by atoms with Gasteiger partial charge in [0.25, 0.3) is 0 Å².